The van der Waals surface area contributed by atoms with Crippen LogP contribution in [0.3, 0.4) is 0 Å². The van der Waals surface area contributed by atoms with Crippen molar-refractivity contribution >= 4 is 45.4 Å². The summed E-state index contributed by atoms with van der Waals surface area (Å²) in [6.45, 7) is 1.84. The van der Waals surface area contributed by atoms with Gasteiger partial charge in [-0.15, -0.1) is 0 Å². The van der Waals surface area contributed by atoms with Crippen molar-refractivity contribution in [1.29, 1.82) is 0 Å². The molecule has 1 saturated heterocycles. The van der Waals surface area contributed by atoms with E-state index in [1.807, 2.05) is 6.07 Å². The Morgan fingerprint density at radius 2 is 1.86 bits per heavy atom. The summed E-state index contributed by atoms with van der Waals surface area (Å²) in [5.41, 5.74) is 8.73. The van der Waals surface area contributed by atoms with Crippen molar-refractivity contribution in [2.45, 2.75) is 6.92 Å². The maximum atomic E-state index is 12.7. The summed E-state index contributed by atoms with van der Waals surface area (Å²) in [5.74, 6) is -0.941. The average Bonchev–Trinajstić information content (AvgIpc) is 2.98. The molecule has 0 aromatic heterocycles. The first-order chi connectivity index (χ1) is 13.9. The van der Waals surface area contributed by atoms with Crippen LogP contribution >= 0.6 is 15.9 Å². The van der Waals surface area contributed by atoms with Gasteiger partial charge < -0.3 is 15.2 Å². The molecule has 9 heteroatoms. The SMILES string of the molecule is CCOc1cc(C=C2C(=O)NN(c3ccccc3)C2=O)c(Br)cc1OCC(N)=O. The van der Waals surface area contributed by atoms with Gasteiger partial charge >= 0.3 is 0 Å². The number of nitrogens with one attached hydrogen (secondary N) is 1. The fourth-order valence-corrected chi connectivity index (χ4v) is 3.10. The molecule has 1 fully saturated rings. The van der Waals surface area contributed by atoms with E-state index in [4.69, 9.17) is 15.2 Å². The van der Waals surface area contributed by atoms with E-state index in [9.17, 15) is 14.4 Å². The summed E-state index contributed by atoms with van der Waals surface area (Å²) >= 11 is 3.39. The van der Waals surface area contributed by atoms with Crippen LogP contribution in [0, 0.1) is 0 Å². The van der Waals surface area contributed by atoms with Crippen LogP contribution in [0.15, 0.2) is 52.5 Å². The molecule has 3 amide bonds. The minimum Gasteiger partial charge on any atom is -0.490 e. The lowest BCUT2D eigenvalue weighted by molar-refractivity contribution is -0.120. The molecule has 150 valence electrons. The van der Waals surface area contributed by atoms with E-state index in [1.54, 1.807) is 43.3 Å². The van der Waals surface area contributed by atoms with Crippen LogP contribution in [0.25, 0.3) is 6.08 Å². The second kappa shape index (κ2) is 8.78. The molecule has 1 aliphatic rings. The van der Waals surface area contributed by atoms with Crippen LogP contribution < -0.4 is 25.6 Å². The fraction of sp³-hybridized carbons (Fsp3) is 0.150. The first-order valence-corrected chi connectivity index (χ1v) is 9.49. The number of carbonyl (C=O) groups is 3. The van der Waals surface area contributed by atoms with Gasteiger partial charge in [0.25, 0.3) is 17.7 Å². The van der Waals surface area contributed by atoms with Crippen LogP contribution in [0.1, 0.15) is 12.5 Å². The van der Waals surface area contributed by atoms with Gasteiger partial charge in [0.2, 0.25) is 0 Å². The van der Waals surface area contributed by atoms with E-state index >= 15 is 0 Å². The second-order valence-corrected chi connectivity index (χ2v) is 6.84. The van der Waals surface area contributed by atoms with Gasteiger partial charge in [0, 0.05) is 4.47 Å². The molecule has 1 heterocycles. The van der Waals surface area contributed by atoms with Gasteiger partial charge in [-0.2, -0.15) is 0 Å². The van der Waals surface area contributed by atoms with Crippen molar-refractivity contribution in [3.05, 3.63) is 58.1 Å². The zero-order valence-corrected chi connectivity index (χ0v) is 17.1. The largest absolute Gasteiger partial charge is 0.490 e. The minimum atomic E-state index is -0.621. The third-order valence-electron chi connectivity index (χ3n) is 3.94. The van der Waals surface area contributed by atoms with Crippen molar-refractivity contribution in [1.82, 2.24) is 5.43 Å². The first kappa shape index (κ1) is 20.4. The molecular formula is C20H18BrN3O5. The van der Waals surface area contributed by atoms with E-state index in [0.717, 1.165) is 0 Å². The molecule has 0 spiro atoms. The second-order valence-electron chi connectivity index (χ2n) is 5.98. The van der Waals surface area contributed by atoms with Crippen molar-refractivity contribution in [3.8, 4) is 11.5 Å². The standard InChI is InChI=1S/C20H18BrN3O5/c1-2-28-16-9-12(15(21)10-17(16)29-11-18(22)25)8-14-19(26)23-24(20(14)27)13-6-4-3-5-7-13/h3-10H,2,11H2,1H3,(H2,22,25)(H,23,26). The molecule has 0 aliphatic carbocycles. The van der Waals surface area contributed by atoms with Gasteiger partial charge in [-0.25, -0.2) is 5.01 Å². The maximum absolute atomic E-state index is 12.7. The third-order valence-corrected chi connectivity index (χ3v) is 4.63. The molecule has 3 rings (SSSR count). The number of hydrogen-bond acceptors (Lipinski definition) is 5. The monoisotopic (exact) mass is 459 g/mol. The molecule has 0 bridgehead atoms. The number of nitrogens with zero attached hydrogens (tertiary/aromatic N) is 1. The lowest BCUT2D eigenvalue weighted by atomic mass is 10.1. The predicted molar refractivity (Wildman–Crippen MR) is 110 cm³/mol. The van der Waals surface area contributed by atoms with Gasteiger partial charge in [-0.3, -0.25) is 19.8 Å². The molecule has 2 aromatic rings. The Morgan fingerprint density at radius 1 is 1.17 bits per heavy atom. The normalized spacial score (nSPS) is 14.8. The Labute approximate surface area is 175 Å². The number of anilines is 1. The molecule has 2 aromatic carbocycles. The van der Waals surface area contributed by atoms with E-state index in [0.29, 0.717) is 33.8 Å². The lowest BCUT2D eigenvalue weighted by Crippen LogP contribution is -2.35. The number of amides is 3. The van der Waals surface area contributed by atoms with Gasteiger partial charge in [0.15, 0.2) is 18.1 Å². The Bertz CT molecular complexity index is 991. The molecule has 8 nitrogen and oxygen atoms in total. The summed E-state index contributed by atoms with van der Waals surface area (Å²) in [6, 6.07) is 12.0. The maximum Gasteiger partial charge on any atom is 0.282 e. The number of para-hydroxylation sites is 1. The first-order valence-electron chi connectivity index (χ1n) is 8.70. The summed E-state index contributed by atoms with van der Waals surface area (Å²) in [6.07, 6.45) is 1.46. The third kappa shape index (κ3) is 4.57. The number of carbonyl (C=O) groups excluding carboxylic acids is 3. The van der Waals surface area contributed by atoms with Crippen molar-refractivity contribution < 1.29 is 23.9 Å². The fourth-order valence-electron chi connectivity index (χ4n) is 2.66. The van der Waals surface area contributed by atoms with Crippen LogP contribution in [0.5, 0.6) is 11.5 Å². The molecule has 29 heavy (non-hydrogen) atoms. The van der Waals surface area contributed by atoms with E-state index in [2.05, 4.69) is 21.4 Å². The Kier molecular flexibility index (Phi) is 6.18. The molecule has 0 saturated carbocycles. The van der Waals surface area contributed by atoms with E-state index in [1.165, 1.54) is 11.1 Å². The predicted octanol–water partition coefficient (Wildman–Crippen LogP) is 2.17. The molecule has 1 aliphatic heterocycles. The lowest BCUT2D eigenvalue weighted by Gasteiger charge is -2.14. The Morgan fingerprint density at radius 3 is 2.52 bits per heavy atom. The van der Waals surface area contributed by atoms with Crippen LogP contribution in [-0.2, 0) is 14.4 Å². The highest BCUT2D eigenvalue weighted by atomic mass is 79.9. The number of halogens is 1. The highest BCUT2D eigenvalue weighted by Crippen LogP contribution is 2.35. The topological polar surface area (TPSA) is 111 Å². The number of ether oxygens (including phenoxy) is 2. The average molecular weight is 460 g/mol. The van der Waals surface area contributed by atoms with Gasteiger partial charge in [0.1, 0.15) is 5.57 Å². The van der Waals surface area contributed by atoms with Crippen LogP contribution in [0.4, 0.5) is 5.69 Å². The summed E-state index contributed by atoms with van der Waals surface area (Å²) in [4.78, 5) is 36.1. The summed E-state index contributed by atoms with van der Waals surface area (Å²) in [5, 5.41) is 1.19. The number of hydrogen-bond donors (Lipinski definition) is 2. The van der Waals surface area contributed by atoms with E-state index in [-0.39, 0.29) is 12.2 Å². The van der Waals surface area contributed by atoms with Crippen LogP contribution in [0.2, 0.25) is 0 Å². The van der Waals surface area contributed by atoms with E-state index < -0.39 is 17.7 Å². The Hall–Kier alpha value is -3.33. The Balaban J connectivity index is 1.94. The highest BCUT2D eigenvalue weighted by molar-refractivity contribution is 9.10. The van der Waals surface area contributed by atoms with Gasteiger partial charge in [0.05, 0.1) is 12.3 Å². The zero-order valence-electron chi connectivity index (χ0n) is 15.5. The number of benzene rings is 2. The molecule has 0 radical (unpaired) electrons. The number of primary amides is 1. The minimum absolute atomic E-state index is 0.0252. The van der Waals surface area contributed by atoms with Crippen molar-refractivity contribution in [2.75, 3.05) is 18.2 Å². The molecule has 3 N–H and O–H groups in total. The number of nitrogens with two attached hydrogens (primary N) is 1. The molecule has 0 unspecified atom stereocenters. The highest BCUT2D eigenvalue weighted by Gasteiger charge is 2.34. The smallest absolute Gasteiger partial charge is 0.282 e. The van der Waals surface area contributed by atoms with Gasteiger partial charge in [-0.1, -0.05) is 34.1 Å². The summed E-state index contributed by atoms with van der Waals surface area (Å²) in [7, 11) is 0. The van der Waals surface area contributed by atoms with Crippen molar-refractivity contribution in [3.63, 3.8) is 0 Å². The van der Waals surface area contributed by atoms with Gasteiger partial charge in [-0.05, 0) is 42.8 Å². The summed E-state index contributed by atoms with van der Waals surface area (Å²) < 4.78 is 11.5. The molecule has 0 atom stereocenters. The zero-order chi connectivity index (χ0) is 21.0. The van der Waals surface area contributed by atoms with Crippen LogP contribution in [-0.4, -0.2) is 30.9 Å². The number of hydrazine groups is 1. The molecular weight excluding hydrogens is 442 g/mol. The van der Waals surface area contributed by atoms with Crippen molar-refractivity contribution in [2.24, 2.45) is 5.73 Å². The quantitative estimate of drug-likeness (QED) is 0.486. The number of rotatable bonds is 7.